The summed E-state index contributed by atoms with van der Waals surface area (Å²) in [4.78, 5) is 29.9. The molecule has 29 heavy (non-hydrogen) atoms. The Morgan fingerprint density at radius 1 is 1.07 bits per heavy atom. The van der Waals surface area contributed by atoms with Crippen LogP contribution in [-0.4, -0.2) is 54.2 Å². The summed E-state index contributed by atoms with van der Waals surface area (Å²) in [5.74, 6) is 1.81. The summed E-state index contributed by atoms with van der Waals surface area (Å²) in [7, 11) is 0. The molecule has 1 aromatic rings. The fourth-order valence-corrected chi connectivity index (χ4v) is 5.46. The number of imide groups is 1. The highest BCUT2D eigenvalue weighted by Crippen LogP contribution is 2.38. The third kappa shape index (κ3) is 3.16. The molecule has 0 aromatic heterocycles. The maximum Gasteiger partial charge on any atom is 0.326 e. The van der Waals surface area contributed by atoms with Crippen molar-refractivity contribution in [3.8, 4) is 11.5 Å². The molecule has 0 spiro atoms. The van der Waals surface area contributed by atoms with Crippen molar-refractivity contribution in [3.05, 3.63) is 23.8 Å². The van der Waals surface area contributed by atoms with Crippen molar-refractivity contribution in [2.24, 2.45) is 5.92 Å². The fraction of sp³-hybridized carbons (Fsp3) is 0.636. The highest BCUT2D eigenvalue weighted by molar-refractivity contribution is 6.07. The van der Waals surface area contributed by atoms with Crippen molar-refractivity contribution in [1.29, 1.82) is 0 Å². The molecule has 1 aromatic carbocycles. The number of carbonyl (C=O) groups excluding carboxylic acids is 2. The third-order valence-corrected chi connectivity index (χ3v) is 7.08. The average Bonchev–Trinajstić information content (AvgIpc) is 2.97. The van der Waals surface area contributed by atoms with Gasteiger partial charge in [-0.05, 0) is 56.2 Å². The van der Waals surface area contributed by atoms with Crippen LogP contribution in [0.4, 0.5) is 4.79 Å². The molecule has 3 amide bonds. The molecule has 1 N–H and O–H groups in total. The molecule has 0 radical (unpaired) electrons. The van der Waals surface area contributed by atoms with Crippen molar-refractivity contribution >= 4 is 11.9 Å². The molecule has 2 saturated heterocycles. The lowest BCUT2D eigenvalue weighted by molar-refractivity contribution is -0.133. The third-order valence-electron chi connectivity index (χ3n) is 7.08. The SMILES string of the molecule is C[C@]1(c2ccc3c(c2)OCCO3)NC(=O)N(CN2CCC[C@@H]3CCCC[C@H]32)C1=O. The molecule has 3 aliphatic heterocycles. The first-order chi connectivity index (χ1) is 14.1. The van der Waals surface area contributed by atoms with Crippen LogP contribution in [0.5, 0.6) is 11.5 Å². The second-order valence-electron chi connectivity index (χ2n) is 8.85. The lowest BCUT2D eigenvalue weighted by Gasteiger charge is -2.45. The zero-order valence-corrected chi connectivity index (χ0v) is 17.0. The van der Waals surface area contributed by atoms with Gasteiger partial charge in [-0.25, -0.2) is 9.69 Å². The van der Waals surface area contributed by atoms with Crippen molar-refractivity contribution in [2.75, 3.05) is 26.4 Å². The Hall–Kier alpha value is -2.28. The van der Waals surface area contributed by atoms with E-state index in [2.05, 4.69) is 10.2 Å². The van der Waals surface area contributed by atoms with E-state index < -0.39 is 5.54 Å². The van der Waals surface area contributed by atoms with E-state index in [9.17, 15) is 9.59 Å². The smallest absolute Gasteiger partial charge is 0.326 e. The molecule has 156 valence electrons. The highest BCUT2D eigenvalue weighted by Gasteiger charge is 2.50. The molecular formula is C22H29N3O4. The van der Waals surface area contributed by atoms with Crippen molar-refractivity contribution < 1.29 is 19.1 Å². The molecule has 3 fully saturated rings. The number of carbonyl (C=O) groups is 2. The van der Waals surface area contributed by atoms with Gasteiger partial charge in [0.05, 0.1) is 6.67 Å². The number of likely N-dealkylation sites (tertiary alicyclic amines) is 1. The minimum atomic E-state index is -1.09. The van der Waals surface area contributed by atoms with Crippen LogP contribution >= 0.6 is 0 Å². The zero-order valence-electron chi connectivity index (χ0n) is 17.0. The van der Waals surface area contributed by atoms with E-state index in [1.165, 1.54) is 37.0 Å². The van der Waals surface area contributed by atoms with Gasteiger partial charge in [-0.2, -0.15) is 0 Å². The first kappa shape index (κ1) is 18.7. The van der Waals surface area contributed by atoms with Gasteiger partial charge in [0.25, 0.3) is 5.91 Å². The molecule has 7 nitrogen and oxygen atoms in total. The van der Waals surface area contributed by atoms with Gasteiger partial charge in [-0.15, -0.1) is 0 Å². The molecular weight excluding hydrogens is 370 g/mol. The number of rotatable bonds is 3. The molecule has 1 saturated carbocycles. The normalized spacial score (nSPS) is 32.1. The topological polar surface area (TPSA) is 71.1 Å². The Morgan fingerprint density at radius 2 is 1.83 bits per heavy atom. The standard InChI is InChI=1S/C22H29N3O4/c1-22(16-8-9-18-19(13-16)29-12-11-28-18)20(26)25(21(27)23-22)14-24-10-4-6-15-5-2-3-7-17(15)24/h8-9,13,15,17H,2-7,10-12,14H2,1H3,(H,23,27)/t15-,17+,22+/m0/s1. The summed E-state index contributed by atoms with van der Waals surface area (Å²) < 4.78 is 11.2. The molecule has 0 bridgehead atoms. The number of benzene rings is 1. The van der Waals surface area contributed by atoms with Crippen LogP contribution in [0.15, 0.2) is 18.2 Å². The van der Waals surface area contributed by atoms with Gasteiger partial charge in [0, 0.05) is 12.6 Å². The van der Waals surface area contributed by atoms with Crippen molar-refractivity contribution in [2.45, 2.75) is 57.0 Å². The lowest BCUT2D eigenvalue weighted by Crippen LogP contribution is -2.52. The van der Waals surface area contributed by atoms with Gasteiger partial charge in [0.15, 0.2) is 11.5 Å². The molecule has 4 aliphatic rings. The highest BCUT2D eigenvalue weighted by atomic mass is 16.6. The zero-order chi connectivity index (χ0) is 20.0. The van der Waals surface area contributed by atoms with E-state index in [1.807, 2.05) is 18.2 Å². The van der Waals surface area contributed by atoms with Gasteiger partial charge in [-0.1, -0.05) is 18.9 Å². The van der Waals surface area contributed by atoms with Crippen LogP contribution in [0.3, 0.4) is 0 Å². The van der Waals surface area contributed by atoms with Crippen LogP contribution in [-0.2, 0) is 10.3 Å². The molecule has 3 atom stereocenters. The number of fused-ring (bicyclic) bond motifs is 2. The number of urea groups is 1. The molecule has 0 unspecified atom stereocenters. The Balaban J connectivity index is 1.36. The number of amides is 3. The predicted molar refractivity (Wildman–Crippen MR) is 107 cm³/mol. The van der Waals surface area contributed by atoms with E-state index >= 15 is 0 Å². The van der Waals surface area contributed by atoms with Crippen molar-refractivity contribution in [3.63, 3.8) is 0 Å². The summed E-state index contributed by atoms with van der Waals surface area (Å²) in [5, 5.41) is 2.93. The number of nitrogens with zero attached hydrogens (tertiary/aromatic N) is 2. The van der Waals surface area contributed by atoms with E-state index in [4.69, 9.17) is 9.47 Å². The first-order valence-corrected chi connectivity index (χ1v) is 10.8. The van der Waals surface area contributed by atoms with Crippen LogP contribution in [0.2, 0.25) is 0 Å². The fourth-order valence-electron chi connectivity index (χ4n) is 5.46. The van der Waals surface area contributed by atoms with Gasteiger partial charge in [0.1, 0.15) is 18.8 Å². The van der Waals surface area contributed by atoms with E-state index in [0.29, 0.717) is 43.3 Å². The lowest BCUT2D eigenvalue weighted by atomic mass is 9.78. The molecule has 3 heterocycles. The second kappa shape index (κ2) is 7.20. The minimum Gasteiger partial charge on any atom is -0.486 e. The maximum absolute atomic E-state index is 13.4. The van der Waals surface area contributed by atoms with Gasteiger partial charge < -0.3 is 14.8 Å². The van der Waals surface area contributed by atoms with E-state index in [-0.39, 0.29) is 11.9 Å². The predicted octanol–water partition coefficient (Wildman–Crippen LogP) is 2.84. The van der Waals surface area contributed by atoms with Gasteiger partial charge in [-0.3, -0.25) is 9.69 Å². The van der Waals surface area contributed by atoms with Gasteiger partial charge >= 0.3 is 6.03 Å². The maximum atomic E-state index is 13.4. The quantitative estimate of drug-likeness (QED) is 0.792. The van der Waals surface area contributed by atoms with Crippen molar-refractivity contribution in [1.82, 2.24) is 15.1 Å². The summed E-state index contributed by atoms with van der Waals surface area (Å²) in [5.41, 5.74) is -0.369. The number of hydrogen-bond donors (Lipinski definition) is 1. The number of piperidine rings is 1. The Bertz CT molecular complexity index is 826. The monoisotopic (exact) mass is 399 g/mol. The van der Waals surface area contributed by atoms with Crippen LogP contribution in [0, 0.1) is 5.92 Å². The summed E-state index contributed by atoms with van der Waals surface area (Å²) in [6.45, 7) is 4.12. The Morgan fingerprint density at radius 3 is 2.69 bits per heavy atom. The van der Waals surface area contributed by atoms with E-state index in [1.54, 1.807) is 6.92 Å². The Labute approximate surface area is 171 Å². The summed E-state index contributed by atoms with van der Waals surface area (Å²) in [6.07, 6.45) is 7.41. The van der Waals surface area contributed by atoms with E-state index in [0.717, 1.165) is 18.5 Å². The minimum absolute atomic E-state index is 0.197. The summed E-state index contributed by atoms with van der Waals surface area (Å²) >= 11 is 0. The number of hydrogen-bond acceptors (Lipinski definition) is 5. The number of nitrogens with one attached hydrogen (secondary N) is 1. The second-order valence-corrected chi connectivity index (χ2v) is 8.85. The first-order valence-electron chi connectivity index (χ1n) is 10.8. The Kier molecular flexibility index (Phi) is 4.65. The molecule has 7 heteroatoms. The molecule has 5 rings (SSSR count). The number of ether oxygens (including phenoxy) is 2. The largest absolute Gasteiger partial charge is 0.486 e. The van der Waals surface area contributed by atoms with Crippen LogP contribution < -0.4 is 14.8 Å². The summed E-state index contributed by atoms with van der Waals surface area (Å²) in [6, 6.07) is 5.65. The average molecular weight is 399 g/mol. The van der Waals surface area contributed by atoms with Crippen LogP contribution in [0.25, 0.3) is 0 Å². The van der Waals surface area contributed by atoms with Crippen LogP contribution in [0.1, 0.15) is 51.0 Å². The van der Waals surface area contributed by atoms with Gasteiger partial charge in [0.2, 0.25) is 0 Å². The molecule has 1 aliphatic carbocycles.